The van der Waals surface area contributed by atoms with Crippen molar-refractivity contribution in [1.29, 1.82) is 0 Å². The lowest BCUT2D eigenvalue weighted by Crippen LogP contribution is -2.11. The summed E-state index contributed by atoms with van der Waals surface area (Å²) in [6, 6.07) is 66.9. The first-order chi connectivity index (χ1) is 26.3. The lowest BCUT2D eigenvalue weighted by Gasteiger charge is -2.28. The molecule has 0 aliphatic rings. The van der Waals surface area contributed by atoms with E-state index in [2.05, 4.69) is 181 Å². The standard InChI is InChI=1S/C50H31NO2/c1-3-16-38-32(11-1)13-10-20-39(38)34-14-9-15-36(29-34)51(37-25-28-48-45(31-37)42-19-6-8-22-47(42)52-48)46-21-7-5-17-40(46)35-24-27-49-44(30-35)43-26-23-33-12-2-4-18-41(33)50(43)53-49/h1-31H. The first kappa shape index (κ1) is 29.6. The zero-order chi connectivity index (χ0) is 34.9. The lowest BCUT2D eigenvalue weighted by atomic mass is 9.97. The van der Waals surface area contributed by atoms with Crippen molar-refractivity contribution in [2.24, 2.45) is 0 Å². The fourth-order valence-corrected chi connectivity index (χ4v) is 8.15. The van der Waals surface area contributed by atoms with Crippen molar-refractivity contribution in [3.8, 4) is 22.3 Å². The number of hydrogen-bond acceptors (Lipinski definition) is 3. The molecule has 0 atom stereocenters. The van der Waals surface area contributed by atoms with Gasteiger partial charge in [-0.15, -0.1) is 0 Å². The minimum atomic E-state index is 0.873. The molecule has 11 rings (SSSR count). The van der Waals surface area contributed by atoms with Crippen LogP contribution in [0.3, 0.4) is 0 Å². The van der Waals surface area contributed by atoms with Gasteiger partial charge in [0.15, 0.2) is 0 Å². The molecule has 0 N–H and O–H groups in total. The molecule has 3 heteroatoms. The molecule has 0 amide bonds. The Morgan fingerprint density at radius 3 is 1.87 bits per heavy atom. The quantitative estimate of drug-likeness (QED) is 0.182. The molecular formula is C50H31NO2. The van der Waals surface area contributed by atoms with Crippen LogP contribution in [0.5, 0.6) is 0 Å². The Hall–Kier alpha value is -7.10. The van der Waals surface area contributed by atoms with Gasteiger partial charge in [0, 0.05) is 43.9 Å². The van der Waals surface area contributed by atoms with Crippen LogP contribution in [0.4, 0.5) is 17.1 Å². The molecular weight excluding hydrogens is 647 g/mol. The molecule has 2 aromatic heterocycles. The Bertz CT molecular complexity index is 3200. The van der Waals surface area contributed by atoms with Crippen LogP contribution in [0.25, 0.3) is 87.7 Å². The van der Waals surface area contributed by atoms with E-state index in [-0.39, 0.29) is 0 Å². The molecule has 0 fully saturated rings. The van der Waals surface area contributed by atoms with Gasteiger partial charge in [-0.2, -0.15) is 0 Å². The molecule has 0 bridgehead atoms. The average molecular weight is 678 g/mol. The van der Waals surface area contributed by atoms with Crippen LogP contribution in [0.15, 0.2) is 197 Å². The van der Waals surface area contributed by atoms with E-state index in [1.807, 2.05) is 12.1 Å². The highest BCUT2D eigenvalue weighted by Crippen LogP contribution is 2.45. The van der Waals surface area contributed by atoms with Gasteiger partial charge in [-0.05, 0) is 93.5 Å². The molecule has 9 aromatic carbocycles. The van der Waals surface area contributed by atoms with Gasteiger partial charge in [0.2, 0.25) is 0 Å². The summed E-state index contributed by atoms with van der Waals surface area (Å²) in [5.74, 6) is 0. The average Bonchev–Trinajstić information content (AvgIpc) is 3.79. The highest BCUT2D eigenvalue weighted by atomic mass is 16.3. The van der Waals surface area contributed by atoms with Crippen molar-refractivity contribution in [2.45, 2.75) is 0 Å². The molecule has 0 spiro atoms. The summed E-state index contributed by atoms with van der Waals surface area (Å²) < 4.78 is 12.8. The molecule has 0 saturated carbocycles. The third kappa shape index (κ3) is 4.75. The molecule has 0 unspecified atom stereocenters. The Kier molecular flexibility index (Phi) is 6.55. The maximum absolute atomic E-state index is 6.51. The SMILES string of the molecule is c1cc(-c2cccc3ccccc23)cc(N(c2ccc3oc4ccccc4c3c2)c2ccccc2-c2ccc3oc4c5ccccc5ccc4c3c2)c1. The normalized spacial score (nSPS) is 11.8. The number of rotatable bonds is 5. The maximum Gasteiger partial charge on any atom is 0.143 e. The number of anilines is 3. The van der Waals surface area contributed by atoms with E-state index >= 15 is 0 Å². The van der Waals surface area contributed by atoms with Crippen LogP contribution in [0.1, 0.15) is 0 Å². The molecule has 248 valence electrons. The smallest absolute Gasteiger partial charge is 0.143 e. The highest BCUT2D eigenvalue weighted by Gasteiger charge is 2.21. The minimum absolute atomic E-state index is 0.873. The molecule has 0 aliphatic carbocycles. The zero-order valence-corrected chi connectivity index (χ0v) is 28.7. The second kappa shape index (κ2) is 11.7. The topological polar surface area (TPSA) is 29.5 Å². The van der Waals surface area contributed by atoms with Crippen molar-refractivity contribution in [3.05, 3.63) is 188 Å². The maximum atomic E-state index is 6.51. The minimum Gasteiger partial charge on any atom is -0.456 e. The number of nitrogens with zero attached hydrogens (tertiary/aromatic N) is 1. The second-order valence-corrected chi connectivity index (χ2v) is 13.7. The number of para-hydroxylation sites is 2. The fraction of sp³-hybridized carbons (Fsp3) is 0. The fourth-order valence-electron chi connectivity index (χ4n) is 8.15. The van der Waals surface area contributed by atoms with E-state index in [1.54, 1.807) is 0 Å². The zero-order valence-electron chi connectivity index (χ0n) is 28.7. The van der Waals surface area contributed by atoms with Crippen molar-refractivity contribution in [2.75, 3.05) is 4.90 Å². The van der Waals surface area contributed by atoms with Crippen LogP contribution in [0.2, 0.25) is 0 Å². The third-order valence-electron chi connectivity index (χ3n) is 10.6. The van der Waals surface area contributed by atoms with Gasteiger partial charge in [-0.1, -0.05) is 127 Å². The monoisotopic (exact) mass is 677 g/mol. The van der Waals surface area contributed by atoms with Crippen LogP contribution in [0, 0.1) is 0 Å². The molecule has 0 saturated heterocycles. The summed E-state index contributed by atoms with van der Waals surface area (Å²) in [7, 11) is 0. The molecule has 53 heavy (non-hydrogen) atoms. The molecule has 0 aliphatic heterocycles. The number of fused-ring (bicyclic) bond motifs is 9. The van der Waals surface area contributed by atoms with Gasteiger partial charge in [-0.3, -0.25) is 0 Å². The van der Waals surface area contributed by atoms with E-state index < -0.39 is 0 Å². The van der Waals surface area contributed by atoms with Crippen molar-refractivity contribution < 1.29 is 8.83 Å². The van der Waals surface area contributed by atoms with Gasteiger partial charge in [0.1, 0.15) is 22.3 Å². The molecule has 11 aromatic rings. The Morgan fingerprint density at radius 1 is 0.321 bits per heavy atom. The van der Waals surface area contributed by atoms with E-state index in [0.29, 0.717) is 0 Å². The largest absolute Gasteiger partial charge is 0.456 e. The first-order valence-electron chi connectivity index (χ1n) is 18.0. The van der Waals surface area contributed by atoms with Crippen molar-refractivity contribution >= 4 is 82.5 Å². The van der Waals surface area contributed by atoms with E-state index in [0.717, 1.165) is 83.0 Å². The van der Waals surface area contributed by atoms with Crippen LogP contribution in [-0.4, -0.2) is 0 Å². The summed E-state index contributed by atoms with van der Waals surface area (Å²) in [6.07, 6.45) is 0. The molecule has 0 radical (unpaired) electrons. The van der Waals surface area contributed by atoms with E-state index in [9.17, 15) is 0 Å². The predicted molar refractivity (Wildman–Crippen MR) is 222 cm³/mol. The third-order valence-corrected chi connectivity index (χ3v) is 10.6. The Labute approximate surface area is 305 Å². The second-order valence-electron chi connectivity index (χ2n) is 13.7. The number of furan rings is 2. The predicted octanol–water partition coefficient (Wildman–Crippen LogP) is 14.6. The lowest BCUT2D eigenvalue weighted by molar-refractivity contribution is 0.669. The van der Waals surface area contributed by atoms with Gasteiger partial charge in [0.25, 0.3) is 0 Å². The summed E-state index contributed by atoms with van der Waals surface area (Å²) in [5.41, 5.74) is 11.4. The summed E-state index contributed by atoms with van der Waals surface area (Å²) >= 11 is 0. The molecule has 2 heterocycles. The summed E-state index contributed by atoms with van der Waals surface area (Å²) in [6.45, 7) is 0. The Balaban J connectivity index is 1.13. The van der Waals surface area contributed by atoms with Crippen LogP contribution < -0.4 is 4.90 Å². The van der Waals surface area contributed by atoms with Crippen molar-refractivity contribution in [1.82, 2.24) is 0 Å². The Morgan fingerprint density at radius 2 is 0.943 bits per heavy atom. The van der Waals surface area contributed by atoms with Crippen molar-refractivity contribution in [3.63, 3.8) is 0 Å². The number of hydrogen-bond donors (Lipinski definition) is 0. The molecule has 3 nitrogen and oxygen atoms in total. The number of benzene rings is 9. The summed E-state index contributed by atoms with van der Waals surface area (Å²) in [4.78, 5) is 2.39. The van der Waals surface area contributed by atoms with Crippen LogP contribution >= 0.6 is 0 Å². The first-order valence-corrected chi connectivity index (χ1v) is 18.0. The summed E-state index contributed by atoms with van der Waals surface area (Å²) in [5, 5.41) is 9.18. The van der Waals surface area contributed by atoms with E-state index in [1.165, 1.54) is 21.7 Å². The van der Waals surface area contributed by atoms with Crippen LogP contribution in [-0.2, 0) is 0 Å². The van der Waals surface area contributed by atoms with Gasteiger partial charge in [-0.25, -0.2) is 0 Å². The van der Waals surface area contributed by atoms with Gasteiger partial charge >= 0.3 is 0 Å². The highest BCUT2D eigenvalue weighted by molar-refractivity contribution is 6.16. The van der Waals surface area contributed by atoms with Gasteiger partial charge in [0.05, 0.1) is 5.69 Å². The van der Waals surface area contributed by atoms with E-state index in [4.69, 9.17) is 8.83 Å². The van der Waals surface area contributed by atoms with Gasteiger partial charge < -0.3 is 13.7 Å².